The molecule has 0 unspecified atom stereocenters. The van der Waals surface area contributed by atoms with E-state index in [1.54, 1.807) is 17.0 Å². The third-order valence-electron chi connectivity index (χ3n) is 6.14. The summed E-state index contributed by atoms with van der Waals surface area (Å²) in [7, 11) is 0. The van der Waals surface area contributed by atoms with E-state index in [0.717, 1.165) is 29.0 Å². The van der Waals surface area contributed by atoms with Crippen molar-refractivity contribution < 1.29 is 22.8 Å². The number of benzene rings is 3. The Balaban J connectivity index is 1.40. The van der Waals surface area contributed by atoms with Gasteiger partial charge in [-0.25, -0.2) is 0 Å². The van der Waals surface area contributed by atoms with Crippen LogP contribution in [0.3, 0.4) is 0 Å². The quantitative estimate of drug-likeness (QED) is 0.434. The normalized spacial score (nSPS) is 16.8. The summed E-state index contributed by atoms with van der Waals surface area (Å²) in [6.45, 7) is 0.979. The van der Waals surface area contributed by atoms with Gasteiger partial charge < -0.3 is 4.90 Å². The van der Waals surface area contributed by atoms with Gasteiger partial charge in [0.1, 0.15) is 6.54 Å². The third kappa shape index (κ3) is 4.84. The maximum absolute atomic E-state index is 13.4. The van der Waals surface area contributed by atoms with Crippen molar-refractivity contribution in [3.63, 3.8) is 0 Å². The number of anilines is 1. The van der Waals surface area contributed by atoms with Crippen molar-refractivity contribution in [3.05, 3.63) is 100.0 Å². The van der Waals surface area contributed by atoms with Gasteiger partial charge in [-0.3, -0.25) is 14.5 Å². The van der Waals surface area contributed by atoms with Gasteiger partial charge in [0.15, 0.2) is 0 Å². The highest BCUT2D eigenvalue weighted by Crippen LogP contribution is 2.42. The van der Waals surface area contributed by atoms with Crippen molar-refractivity contribution in [3.8, 4) is 0 Å². The molecule has 178 valence electrons. The molecule has 0 atom stereocenters. The summed E-state index contributed by atoms with van der Waals surface area (Å²) >= 11 is 1.25. The maximum atomic E-state index is 13.4. The number of rotatable bonds is 3. The van der Waals surface area contributed by atoms with Gasteiger partial charge >= 0.3 is 6.18 Å². The zero-order valence-electron chi connectivity index (χ0n) is 18.6. The van der Waals surface area contributed by atoms with Gasteiger partial charge in [0.2, 0.25) is 5.91 Å². The van der Waals surface area contributed by atoms with Crippen molar-refractivity contribution in [2.75, 3.05) is 18.0 Å². The number of hydrogen-bond acceptors (Lipinski definition) is 3. The molecule has 0 N–H and O–H groups in total. The molecule has 0 bridgehead atoms. The molecular formula is C27H21F3N2O2S. The number of amides is 2. The molecule has 2 amide bonds. The number of thioether (sulfide) groups is 1. The van der Waals surface area contributed by atoms with Crippen molar-refractivity contribution >= 4 is 35.3 Å². The van der Waals surface area contributed by atoms with Gasteiger partial charge in [0, 0.05) is 18.0 Å². The zero-order valence-corrected chi connectivity index (χ0v) is 19.4. The number of para-hydroxylation sites is 1. The fourth-order valence-corrected chi connectivity index (χ4v) is 5.34. The number of hydrogen-bond donors (Lipinski definition) is 0. The standard InChI is InChI=1S/C27H21F3N2O2S/c28-27(29,30)21-11-9-18(10-12-21)15-24-26(34)32(22-7-3-4-8-23(22)35-24)17-25(33)31-14-13-19-5-1-2-6-20(19)16-31/h1-12,15H,13-14,16-17H2. The molecule has 3 aromatic carbocycles. The van der Waals surface area contributed by atoms with Gasteiger partial charge in [0.05, 0.1) is 16.2 Å². The second-order valence-corrected chi connectivity index (χ2v) is 9.51. The van der Waals surface area contributed by atoms with Crippen molar-refractivity contribution in [1.29, 1.82) is 0 Å². The van der Waals surface area contributed by atoms with Crippen molar-refractivity contribution in [1.82, 2.24) is 4.90 Å². The highest BCUT2D eigenvalue weighted by molar-refractivity contribution is 8.04. The Hall–Kier alpha value is -3.52. The van der Waals surface area contributed by atoms with E-state index in [1.165, 1.54) is 34.4 Å². The van der Waals surface area contributed by atoms with E-state index in [4.69, 9.17) is 0 Å². The fourth-order valence-electron chi connectivity index (χ4n) is 4.28. The largest absolute Gasteiger partial charge is 0.416 e. The van der Waals surface area contributed by atoms with E-state index >= 15 is 0 Å². The van der Waals surface area contributed by atoms with Crippen molar-refractivity contribution in [2.24, 2.45) is 0 Å². The van der Waals surface area contributed by atoms with Crippen LogP contribution in [0.2, 0.25) is 0 Å². The minimum absolute atomic E-state index is 0.108. The molecular weight excluding hydrogens is 473 g/mol. The molecule has 0 radical (unpaired) electrons. The van der Waals surface area contributed by atoms with Gasteiger partial charge in [-0.05, 0) is 53.5 Å². The first-order valence-electron chi connectivity index (χ1n) is 11.1. The average molecular weight is 495 g/mol. The molecule has 2 aliphatic heterocycles. The monoisotopic (exact) mass is 494 g/mol. The van der Waals surface area contributed by atoms with E-state index in [0.29, 0.717) is 29.2 Å². The van der Waals surface area contributed by atoms with Gasteiger partial charge in [0.25, 0.3) is 5.91 Å². The second kappa shape index (κ2) is 9.26. The Bertz CT molecular complexity index is 1320. The molecule has 3 aromatic rings. The molecule has 4 nitrogen and oxygen atoms in total. The van der Waals surface area contributed by atoms with Gasteiger partial charge in [-0.15, -0.1) is 0 Å². The summed E-state index contributed by atoms with van der Waals surface area (Å²) in [6, 6.07) is 20.0. The molecule has 35 heavy (non-hydrogen) atoms. The van der Waals surface area contributed by atoms with Crippen LogP contribution in [0.15, 0.2) is 82.6 Å². The Kier molecular flexibility index (Phi) is 6.15. The lowest BCUT2D eigenvalue weighted by atomic mass is 10.00. The Morgan fingerprint density at radius 3 is 2.37 bits per heavy atom. The van der Waals surface area contributed by atoms with E-state index in [9.17, 15) is 22.8 Å². The Morgan fingerprint density at radius 1 is 0.943 bits per heavy atom. The third-order valence-corrected chi connectivity index (χ3v) is 7.22. The predicted octanol–water partition coefficient (Wildman–Crippen LogP) is 5.77. The molecule has 0 aromatic heterocycles. The number of nitrogens with zero attached hydrogens (tertiary/aromatic N) is 2. The maximum Gasteiger partial charge on any atom is 0.416 e. The summed E-state index contributed by atoms with van der Waals surface area (Å²) < 4.78 is 38.7. The van der Waals surface area contributed by atoms with Crippen LogP contribution in [-0.4, -0.2) is 29.8 Å². The molecule has 0 saturated heterocycles. The van der Waals surface area contributed by atoms with Crippen LogP contribution in [0.4, 0.5) is 18.9 Å². The van der Waals surface area contributed by atoms with Crippen LogP contribution in [0, 0.1) is 0 Å². The number of carbonyl (C=O) groups is 2. The van der Waals surface area contributed by atoms with E-state index in [2.05, 4.69) is 6.07 Å². The first-order chi connectivity index (χ1) is 16.8. The SMILES string of the molecule is O=C(CN1C(=O)C(=Cc2ccc(C(F)(F)F)cc2)Sc2ccccc21)N1CCc2ccccc2C1. The zero-order chi connectivity index (χ0) is 24.6. The van der Waals surface area contributed by atoms with Crippen LogP contribution in [0.5, 0.6) is 0 Å². The highest BCUT2D eigenvalue weighted by atomic mass is 32.2. The molecule has 0 aliphatic carbocycles. The molecule has 5 rings (SSSR count). The lowest BCUT2D eigenvalue weighted by Gasteiger charge is -2.34. The molecule has 0 fully saturated rings. The lowest BCUT2D eigenvalue weighted by molar-refractivity contribution is -0.137. The molecule has 2 aliphatic rings. The number of alkyl halides is 3. The highest BCUT2D eigenvalue weighted by Gasteiger charge is 2.33. The molecule has 0 spiro atoms. The van der Waals surface area contributed by atoms with E-state index < -0.39 is 11.7 Å². The van der Waals surface area contributed by atoms with Crippen molar-refractivity contribution in [2.45, 2.75) is 24.0 Å². The Morgan fingerprint density at radius 2 is 1.63 bits per heavy atom. The van der Waals surface area contributed by atoms with Crippen LogP contribution >= 0.6 is 11.8 Å². The summed E-state index contributed by atoms with van der Waals surface area (Å²) in [6.07, 6.45) is -2.09. The van der Waals surface area contributed by atoms with Gasteiger partial charge in [-0.2, -0.15) is 13.2 Å². The van der Waals surface area contributed by atoms with Crippen LogP contribution in [0.25, 0.3) is 6.08 Å². The minimum Gasteiger partial charge on any atom is -0.336 e. The molecule has 0 saturated carbocycles. The van der Waals surface area contributed by atoms with Crippen LogP contribution < -0.4 is 4.90 Å². The second-order valence-electron chi connectivity index (χ2n) is 8.42. The topological polar surface area (TPSA) is 40.6 Å². The predicted molar refractivity (Wildman–Crippen MR) is 130 cm³/mol. The average Bonchev–Trinajstić information content (AvgIpc) is 2.86. The first kappa shape index (κ1) is 23.2. The Labute approximate surface area is 205 Å². The molecule has 8 heteroatoms. The van der Waals surface area contributed by atoms with Crippen LogP contribution in [0.1, 0.15) is 22.3 Å². The minimum atomic E-state index is -4.42. The fraction of sp³-hybridized carbons (Fsp3) is 0.185. The smallest absolute Gasteiger partial charge is 0.336 e. The summed E-state index contributed by atoms with van der Waals surface area (Å²) in [5.74, 6) is -0.497. The van der Waals surface area contributed by atoms with E-state index in [1.807, 2.05) is 36.4 Å². The lowest BCUT2D eigenvalue weighted by Crippen LogP contribution is -2.45. The number of carbonyl (C=O) groups excluding carboxylic acids is 2. The number of halogens is 3. The van der Waals surface area contributed by atoms with E-state index in [-0.39, 0.29) is 18.4 Å². The first-order valence-corrected chi connectivity index (χ1v) is 11.9. The van der Waals surface area contributed by atoms with Crippen LogP contribution in [-0.2, 0) is 28.7 Å². The molecule has 2 heterocycles. The summed E-state index contributed by atoms with van der Waals surface area (Å²) in [5, 5.41) is 0. The summed E-state index contributed by atoms with van der Waals surface area (Å²) in [5.41, 5.74) is 2.72. The van der Waals surface area contributed by atoms with Gasteiger partial charge in [-0.1, -0.05) is 60.3 Å². The number of fused-ring (bicyclic) bond motifs is 2. The summed E-state index contributed by atoms with van der Waals surface area (Å²) in [4.78, 5) is 31.0.